The van der Waals surface area contributed by atoms with Gasteiger partial charge in [-0.1, -0.05) is 29.4 Å². The summed E-state index contributed by atoms with van der Waals surface area (Å²) in [6.45, 7) is 0. The average Bonchev–Trinajstić information content (AvgIpc) is 3.25. The second-order valence-corrected chi connectivity index (χ2v) is 7.02. The summed E-state index contributed by atoms with van der Waals surface area (Å²) in [5.41, 5.74) is 2.44. The van der Waals surface area contributed by atoms with E-state index in [1.165, 1.54) is 11.8 Å². The third kappa shape index (κ3) is 3.88. The standard InChI is InChI=1S/C17H13ClN6O2S/c18-10-2-1-3-12(6-10)24-9-19-23-17(24)27-8-15(25)20-11-4-5-13-14(7-11)22-16(26)21-13/h1-7,9H,8H2,(H,20,25)(H2,21,22,26). The molecular weight excluding hydrogens is 388 g/mol. The Morgan fingerprint density at radius 1 is 1.19 bits per heavy atom. The van der Waals surface area contributed by atoms with E-state index < -0.39 is 0 Å². The van der Waals surface area contributed by atoms with Crippen LogP contribution in [0.25, 0.3) is 16.7 Å². The van der Waals surface area contributed by atoms with Gasteiger partial charge < -0.3 is 15.3 Å². The van der Waals surface area contributed by atoms with Crippen LogP contribution in [0.2, 0.25) is 5.02 Å². The van der Waals surface area contributed by atoms with E-state index in [-0.39, 0.29) is 17.3 Å². The van der Waals surface area contributed by atoms with Crippen molar-refractivity contribution in [2.24, 2.45) is 0 Å². The van der Waals surface area contributed by atoms with E-state index >= 15 is 0 Å². The topological polar surface area (TPSA) is 108 Å². The number of fused-ring (bicyclic) bond motifs is 1. The average molecular weight is 401 g/mol. The van der Waals surface area contributed by atoms with Gasteiger partial charge in [-0.2, -0.15) is 0 Å². The summed E-state index contributed by atoms with van der Waals surface area (Å²) >= 11 is 7.29. The lowest BCUT2D eigenvalue weighted by Gasteiger charge is -2.07. The zero-order chi connectivity index (χ0) is 18.8. The summed E-state index contributed by atoms with van der Waals surface area (Å²) in [6, 6.07) is 12.4. The number of rotatable bonds is 5. The first kappa shape index (κ1) is 17.4. The summed E-state index contributed by atoms with van der Waals surface area (Å²) in [7, 11) is 0. The number of halogens is 1. The molecule has 2 aromatic heterocycles. The molecule has 0 atom stereocenters. The lowest BCUT2D eigenvalue weighted by Crippen LogP contribution is -2.14. The Bertz CT molecular complexity index is 1180. The molecule has 3 N–H and O–H groups in total. The summed E-state index contributed by atoms with van der Waals surface area (Å²) < 4.78 is 1.76. The van der Waals surface area contributed by atoms with Crippen molar-refractivity contribution in [2.75, 3.05) is 11.1 Å². The summed E-state index contributed by atoms with van der Waals surface area (Å²) in [5, 5.41) is 11.9. The molecule has 10 heteroatoms. The van der Waals surface area contributed by atoms with Gasteiger partial charge in [0.25, 0.3) is 0 Å². The van der Waals surface area contributed by atoms with Crippen LogP contribution in [0.1, 0.15) is 0 Å². The van der Waals surface area contributed by atoms with Crippen molar-refractivity contribution >= 4 is 46.0 Å². The van der Waals surface area contributed by atoms with Crippen molar-refractivity contribution < 1.29 is 4.79 Å². The monoisotopic (exact) mass is 400 g/mol. The third-order valence-corrected chi connectivity index (χ3v) is 4.91. The van der Waals surface area contributed by atoms with Gasteiger partial charge in [-0.3, -0.25) is 9.36 Å². The highest BCUT2D eigenvalue weighted by molar-refractivity contribution is 7.99. The number of H-pyrrole nitrogens is 2. The molecule has 136 valence electrons. The highest BCUT2D eigenvalue weighted by Gasteiger charge is 2.11. The molecule has 2 aromatic carbocycles. The number of aromatic nitrogens is 5. The molecule has 0 fully saturated rings. The van der Waals surface area contributed by atoms with Gasteiger partial charge in [0.2, 0.25) is 5.91 Å². The molecule has 0 aliphatic carbocycles. The highest BCUT2D eigenvalue weighted by Crippen LogP contribution is 2.22. The molecule has 8 nitrogen and oxygen atoms in total. The number of imidazole rings is 1. The molecule has 0 saturated carbocycles. The fourth-order valence-electron chi connectivity index (χ4n) is 2.56. The largest absolute Gasteiger partial charge is 0.325 e. The molecule has 27 heavy (non-hydrogen) atoms. The molecule has 4 rings (SSSR count). The Kier molecular flexibility index (Phi) is 4.69. The van der Waals surface area contributed by atoms with Crippen LogP contribution in [0.3, 0.4) is 0 Å². The Hall–Kier alpha value is -3.04. The molecule has 2 heterocycles. The maximum absolute atomic E-state index is 12.3. The van der Waals surface area contributed by atoms with Gasteiger partial charge in [0, 0.05) is 10.7 Å². The van der Waals surface area contributed by atoms with Crippen molar-refractivity contribution in [1.29, 1.82) is 0 Å². The first-order valence-corrected chi connectivity index (χ1v) is 9.25. The number of amides is 1. The van der Waals surface area contributed by atoms with Gasteiger partial charge in [-0.05, 0) is 36.4 Å². The van der Waals surface area contributed by atoms with E-state index in [1.807, 2.05) is 12.1 Å². The number of thioether (sulfide) groups is 1. The number of nitrogens with zero attached hydrogens (tertiary/aromatic N) is 3. The molecule has 0 aliphatic rings. The molecule has 0 spiro atoms. The Morgan fingerprint density at radius 3 is 2.89 bits per heavy atom. The maximum Gasteiger partial charge on any atom is 0.323 e. The number of benzene rings is 2. The van der Waals surface area contributed by atoms with Gasteiger partial charge in [-0.25, -0.2) is 4.79 Å². The highest BCUT2D eigenvalue weighted by atomic mass is 35.5. The lowest BCUT2D eigenvalue weighted by atomic mass is 10.3. The van der Waals surface area contributed by atoms with E-state index in [0.29, 0.717) is 26.9 Å². The van der Waals surface area contributed by atoms with E-state index in [9.17, 15) is 9.59 Å². The van der Waals surface area contributed by atoms with Crippen molar-refractivity contribution in [3.8, 4) is 5.69 Å². The first-order chi connectivity index (χ1) is 13.1. The molecule has 4 aromatic rings. The van der Waals surface area contributed by atoms with E-state index in [0.717, 1.165) is 5.69 Å². The van der Waals surface area contributed by atoms with Crippen molar-refractivity contribution in [1.82, 2.24) is 24.7 Å². The van der Waals surface area contributed by atoms with Crippen LogP contribution < -0.4 is 11.0 Å². The summed E-state index contributed by atoms with van der Waals surface area (Å²) in [5.74, 6) is -0.0427. The fourth-order valence-corrected chi connectivity index (χ4v) is 3.48. The molecule has 0 unspecified atom stereocenters. The van der Waals surface area contributed by atoms with E-state index in [4.69, 9.17) is 11.6 Å². The van der Waals surface area contributed by atoms with Crippen LogP contribution in [-0.4, -0.2) is 36.4 Å². The van der Waals surface area contributed by atoms with Crippen molar-refractivity contribution in [2.45, 2.75) is 5.16 Å². The van der Waals surface area contributed by atoms with Crippen molar-refractivity contribution in [3.05, 3.63) is 64.3 Å². The third-order valence-electron chi connectivity index (χ3n) is 3.73. The minimum atomic E-state index is -0.288. The SMILES string of the molecule is O=C(CSc1nncn1-c1cccc(Cl)c1)Nc1ccc2[nH]c(=O)[nH]c2c1. The second-order valence-electron chi connectivity index (χ2n) is 5.64. The smallest absolute Gasteiger partial charge is 0.323 e. The van der Waals surface area contributed by atoms with Gasteiger partial charge in [0.15, 0.2) is 5.16 Å². The summed E-state index contributed by atoms with van der Waals surface area (Å²) in [4.78, 5) is 28.9. The molecule has 0 bridgehead atoms. The van der Waals surface area contributed by atoms with Crippen LogP contribution in [-0.2, 0) is 4.79 Å². The first-order valence-electron chi connectivity index (χ1n) is 7.89. The maximum atomic E-state index is 12.3. The Labute approximate surface area is 162 Å². The zero-order valence-corrected chi connectivity index (χ0v) is 15.3. The van der Waals surface area contributed by atoms with Gasteiger partial charge >= 0.3 is 5.69 Å². The van der Waals surface area contributed by atoms with Crippen molar-refractivity contribution in [3.63, 3.8) is 0 Å². The van der Waals surface area contributed by atoms with Crippen LogP contribution in [0.4, 0.5) is 5.69 Å². The minimum absolute atomic E-state index is 0.154. The van der Waals surface area contributed by atoms with Gasteiger partial charge in [0.1, 0.15) is 6.33 Å². The Balaban J connectivity index is 1.43. The zero-order valence-electron chi connectivity index (χ0n) is 13.8. The number of carbonyl (C=O) groups excluding carboxylic acids is 1. The molecule has 0 saturated heterocycles. The van der Waals surface area contributed by atoms with Crippen LogP contribution in [0.5, 0.6) is 0 Å². The normalized spacial score (nSPS) is 11.0. The number of nitrogens with one attached hydrogen (secondary N) is 3. The quantitative estimate of drug-likeness (QED) is 0.446. The molecule has 1 amide bonds. The molecule has 0 radical (unpaired) electrons. The van der Waals surface area contributed by atoms with Crippen LogP contribution in [0.15, 0.2) is 58.7 Å². The Morgan fingerprint density at radius 2 is 2.04 bits per heavy atom. The van der Waals surface area contributed by atoms with Gasteiger partial charge in [0.05, 0.1) is 22.5 Å². The molecular formula is C17H13ClN6O2S. The predicted molar refractivity (Wildman–Crippen MR) is 105 cm³/mol. The van der Waals surface area contributed by atoms with Crippen LogP contribution in [0, 0.1) is 0 Å². The number of aromatic amines is 2. The number of hydrogen-bond donors (Lipinski definition) is 3. The molecule has 0 aliphatic heterocycles. The van der Waals surface area contributed by atoms with E-state index in [2.05, 4.69) is 25.5 Å². The number of anilines is 1. The summed E-state index contributed by atoms with van der Waals surface area (Å²) in [6.07, 6.45) is 1.57. The van der Waals surface area contributed by atoms with Gasteiger partial charge in [-0.15, -0.1) is 10.2 Å². The lowest BCUT2D eigenvalue weighted by molar-refractivity contribution is -0.113. The number of hydrogen-bond acceptors (Lipinski definition) is 5. The second kappa shape index (κ2) is 7.29. The van der Waals surface area contributed by atoms with E-state index in [1.54, 1.807) is 41.2 Å². The fraction of sp³-hybridized carbons (Fsp3) is 0.0588. The number of carbonyl (C=O) groups is 1. The van der Waals surface area contributed by atoms with Crippen LogP contribution >= 0.6 is 23.4 Å². The predicted octanol–water partition coefficient (Wildman–Crippen LogP) is 2.82. The minimum Gasteiger partial charge on any atom is -0.325 e.